The predicted octanol–water partition coefficient (Wildman–Crippen LogP) is 1.84. The highest BCUT2D eigenvalue weighted by Crippen LogP contribution is 2.28. The first kappa shape index (κ1) is 15.2. The lowest BCUT2D eigenvalue weighted by atomic mass is 10.3. The molecule has 21 heavy (non-hydrogen) atoms. The zero-order chi connectivity index (χ0) is 15.6. The molecule has 1 heterocycles. The highest BCUT2D eigenvalue weighted by atomic mass is 32.2. The summed E-state index contributed by atoms with van der Waals surface area (Å²) in [5.41, 5.74) is 1.25. The largest absolute Gasteiger partial charge is 0.497 e. The molecule has 0 fully saturated rings. The Labute approximate surface area is 123 Å². The summed E-state index contributed by atoms with van der Waals surface area (Å²) in [7, 11) is -0.741. The van der Waals surface area contributed by atoms with E-state index in [9.17, 15) is 8.42 Å². The number of aryl methyl sites for hydroxylation is 2. The van der Waals surface area contributed by atoms with Crippen molar-refractivity contribution in [1.29, 1.82) is 0 Å². The number of ether oxygens (including phenoxy) is 2. The normalized spacial score (nSPS) is 11.2. The van der Waals surface area contributed by atoms with Crippen molar-refractivity contribution in [1.82, 2.24) is 10.2 Å². The molecule has 114 valence electrons. The summed E-state index contributed by atoms with van der Waals surface area (Å²) in [6, 6.07) is 4.81. The van der Waals surface area contributed by atoms with Gasteiger partial charge in [-0.1, -0.05) is 0 Å². The quantitative estimate of drug-likeness (QED) is 0.879. The fourth-order valence-electron chi connectivity index (χ4n) is 2.01. The van der Waals surface area contributed by atoms with Crippen molar-refractivity contribution in [2.75, 3.05) is 18.9 Å². The number of aromatic amines is 1. The maximum atomic E-state index is 12.5. The molecule has 0 aliphatic carbocycles. The van der Waals surface area contributed by atoms with Crippen molar-refractivity contribution >= 4 is 15.7 Å². The molecular weight excluding hydrogens is 294 g/mol. The molecule has 0 amide bonds. The van der Waals surface area contributed by atoms with Crippen LogP contribution in [0.25, 0.3) is 0 Å². The van der Waals surface area contributed by atoms with E-state index in [1.165, 1.54) is 14.2 Å². The Morgan fingerprint density at radius 2 is 1.67 bits per heavy atom. The third-order valence-electron chi connectivity index (χ3n) is 2.93. The van der Waals surface area contributed by atoms with Gasteiger partial charge in [0.2, 0.25) is 0 Å². The van der Waals surface area contributed by atoms with Crippen LogP contribution in [0.2, 0.25) is 0 Å². The van der Waals surface area contributed by atoms with E-state index in [1.807, 2.05) is 0 Å². The Bertz CT molecular complexity index is 711. The average Bonchev–Trinajstić information content (AvgIpc) is 2.77. The molecule has 0 saturated heterocycles. The van der Waals surface area contributed by atoms with Gasteiger partial charge < -0.3 is 9.47 Å². The van der Waals surface area contributed by atoms with E-state index in [-0.39, 0.29) is 4.90 Å². The number of methoxy groups -OCH3 is 2. The standard InChI is InChI=1S/C13H17N3O4S/c1-8-13(9(2)15-14-8)21(17,18)16-10-5-11(19-3)7-12(6-10)20-4/h5-7,16H,1-4H3,(H,14,15). The first-order chi connectivity index (χ1) is 9.87. The van der Waals surface area contributed by atoms with Gasteiger partial charge in [-0.25, -0.2) is 8.42 Å². The predicted molar refractivity (Wildman–Crippen MR) is 78.4 cm³/mol. The van der Waals surface area contributed by atoms with Crippen LogP contribution in [0.15, 0.2) is 23.1 Å². The molecule has 0 radical (unpaired) electrons. The summed E-state index contributed by atoms with van der Waals surface area (Å²) < 4.78 is 37.6. The van der Waals surface area contributed by atoms with Gasteiger partial charge in [-0.2, -0.15) is 5.10 Å². The molecule has 0 aliphatic rings. The maximum Gasteiger partial charge on any atom is 0.265 e. The van der Waals surface area contributed by atoms with E-state index in [2.05, 4.69) is 14.9 Å². The number of hydrogen-bond acceptors (Lipinski definition) is 5. The molecule has 2 aromatic rings. The summed E-state index contributed by atoms with van der Waals surface area (Å²) in [4.78, 5) is 0.143. The lowest BCUT2D eigenvalue weighted by Crippen LogP contribution is -2.14. The molecule has 7 nitrogen and oxygen atoms in total. The molecule has 0 spiro atoms. The Hall–Kier alpha value is -2.22. The third-order valence-corrected chi connectivity index (χ3v) is 4.58. The number of sulfonamides is 1. The van der Waals surface area contributed by atoms with Gasteiger partial charge in [-0.15, -0.1) is 0 Å². The highest BCUT2D eigenvalue weighted by Gasteiger charge is 2.22. The molecule has 0 unspecified atom stereocenters. The van der Waals surface area contributed by atoms with Crippen molar-refractivity contribution in [3.8, 4) is 11.5 Å². The topological polar surface area (TPSA) is 93.3 Å². The Morgan fingerprint density at radius 1 is 1.10 bits per heavy atom. The maximum absolute atomic E-state index is 12.5. The highest BCUT2D eigenvalue weighted by molar-refractivity contribution is 7.92. The Balaban J connectivity index is 2.41. The van der Waals surface area contributed by atoms with E-state index in [4.69, 9.17) is 9.47 Å². The molecule has 1 aromatic heterocycles. The van der Waals surface area contributed by atoms with Crippen LogP contribution in [0.4, 0.5) is 5.69 Å². The first-order valence-electron chi connectivity index (χ1n) is 6.15. The van der Waals surface area contributed by atoms with E-state index in [0.29, 0.717) is 28.6 Å². The lowest BCUT2D eigenvalue weighted by Gasteiger charge is -2.11. The number of benzene rings is 1. The van der Waals surface area contributed by atoms with Crippen molar-refractivity contribution in [2.24, 2.45) is 0 Å². The Morgan fingerprint density at radius 3 is 2.10 bits per heavy atom. The fraction of sp³-hybridized carbons (Fsp3) is 0.308. The van der Waals surface area contributed by atoms with Gasteiger partial charge in [-0.3, -0.25) is 9.82 Å². The minimum atomic E-state index is -3.74. The van der Waals surface area contributed by atoms with Crippen LogP contribution in [-0.2, 0) is 10.0 Å². The number of anilines is 1. The minimum absolute atomic E-state index is 0.143. The number of rotatable bonds is 5. The van der Waals surface area contributed by atoms with Gasteiger partial charge in [-0.05, 0) is 13.8 Å². The van der Waals surface area contributed by atoms with Crippen molar-refractivity contribution in [2.45, 2.75) is 18.7 Å². The number of aromatic nitrogens is 2. The van der Waals surface area contributed by atoms with Gasteiger partial charge in [0.1, 0.15) is 16.4 Å². The summed E-state index contributed by atoms with van der Waals surface area (Å²) in [6.45, 7) is 3.28. The van der Waals surface area contributed by atoms with E-state index in [1.54, 1.807) is 32.0 Å². The van der Waals surface area contributed by atoms with Crippen LogP contribution in [-0.4, -0.2) is 32.8 Å². The van der Waals surface area contributed by atoms with Crippen LogP contribution in [0, 0.1) is 13.8 Å². The first-order valence-corrected chi connectivity index (χ1v) is 7.63. The lowest BCUT2D eigenvalue weighted by molar-refractivity contribution is 0.395. The molecule has 2 rings (SSSR count). The zero-order valence-corrected chi connectivity index (χ0v) is 13.0. The zero-order valence-electron chi connectivity index (χ0n) is 12.2. The molecule has 0 saturated carbocycles. The van der Waals surface area contributed by atoms with Crippen molar-refractivity contribution in [3.05, 3.63) is 29.6 Å². The second-order valence-electron chi connectivity index (χ2n) is 4.47. The molecule has 1 aromatic carbocycles. The number of nitrogens with one attached hydrogen (secondary N) is 2. The molecule has 0 bridgehead atoms. The SMILES string of the molecule is COc1cc(NS(=O)(=O)c2c(C)n[nH]c2C)cc(OC)c1. The summed E-state index contributed by atoms with van der Waals surface area (Å²) >= 11 is 0. The van der Waals surface area contributed by atoms with Gasteiger partial charge in [0.05, 0.1) is 31.3 Å². The van der Waals surface area contributed by atoms with Crippen molar-refractivity contribution < 1.29 is 17.9 Å². The van der Waals surface area contributed by atoms with Gasteiger partial charge >= 0.3 is 0 Å². The number of H-pyrrole nitrogens is 1. The minimum Gasteiger partial charge on any atom is -0.497 e. The van der Waals surface area contributed by atoms with E-state index < -0.39 is 10.0 Å². The monoisotopic (exact) mass is 311 g/mol. The molecule has 0 aliphatic heterocycles. The summed E-state index contributed by atoms with van der Waals surface area (Å²) in [5.74, 6) is 0.986. The number of nitrogens with zero attached hydrogens (tertiary/aromatic N) is 1. The fourth-order valence-corrected chi connectivity index (χ4v) is 3.42. The molecular formula is C13H17N3O4S. The van der Waals surface area contributed by atoms with Gasteiger partial charge in [0.25, 0.3) is 10.0 Å². The summed E-state index contributed by atoms with van der Waals surface area (Å²) in [6.07, 6.45) is 0. The Kier molecular flexibility index (Phi) is 4.08. The second kappa shape index (κ2) is 5.65. The molecule has 2 N–H and O–H groups in total. The van der Waals surface area contributed by atoms with Gasteiger partial charge in [0.15, 0.2) is 0 Å². The smallest absolute Gasteiger partial charge is 0.265 e. The van der Waals surface area contributed by atoms with Crippen LogP contribution in [0.3, 0.4) is 0 Å². The van der Waals surface area contributed by atoms with Crippen LogP contribution in [0.1, 0.15) is 11.4 Å². The van der Waals surface area contributed by atoms with Crippen LogP contribution in [0.5, 0.6) is 11.5 Å². The molecule has 8 heteroatoms. The van der Waals surface area contributed by atoms with E-state index in [0.717, 1.165) is 0 Å². The number of hydrogen-bond donors (Lipinski definition) is 2. The van der Waals surface area contributed by atoms with Crippen LogP contribution >= 0.6 is 0 Å². The summed E-state index contributed by atoms with van der Waals surface area (Å²) in [5, 5.41) is 6.55. The molecule has 0 atom stereocenters. The second-order valence-corrected chi connectivity index (χ2v) is 6.09. The van der Waals surface area contributed by atoms with E-state index >= 15 is 0 Å². The third kappa shape index (κ3) is 3.10. The van der Waals surface area contributed by atoms with Crippen molar-refractivity contribution in [3.63, 3.8) is 0 Å². The average molecular weight is 311 g/mol. The van der Waals surface area contributed by atoms with Crippen LogP contribution < -0.4 is 14.2 Å². The van der Waals surface area contributed by atoms with Gasteiger partial charge in [0, 0.05) is 18.2 Å².